The molecule has 2 aliphatic rings. The Morgan fingerprint density at radius 2 is 1.50 bits per heavy atom. The molecule has 2 heterocycles. The molecular weight excluding hydrogens is 172 g/mol. The molecular formula is C12H26N2. The van der Waals surface area contributed by atoms with Crippen molar-refractivity contribution in [3.05, 3.63) is 0 Å². The summed E-state index contributed by atoms with van der Waals surface area (Å²) >= 11 is 0. The summed E-state index contributed by atoms with van der Waals surface area (Å²) in [6.45, 7) is 11.5. The van der Waals surface area contributed by atoms with Crippen LogP contribution in [0, 0.1) is 0 Å². The lowest BCUT2D eigenvalue weighted by Gasteiger charge is -2.56. The molecule has 14 heavy (non-hydrogen) atoms. The van der Waals surface area contributed by atoms with Crippen LogP contribution in [0.4, 0.5) is 0 Å². The minimum absolute atomic E-state index is 0.640. The Morgan fingerprint density at radius 3 is 1.86 bits per heavy atom. The fraction of sp³-hybridized carbons (Fsp3) is 1.00. The number of hydrogen-bond donors (Lipinski definition) is 0. The second kappa shape index (κ2) is 5.13. The number of hydrogen-bond acceptors (Lipinski definition) is 2. The average molecular weight is 198 g/mol. The molecule has 0 amide bonds. The molecule has 0 radical (unpaired) electrons. The van der Waals surface area contributed by atoms with E-state index in [9.17, 15) is 0 Å². The van der Waals surface area contributed by atoms with Crippen molar-refractivity contribution in [2.75, 3.05) is 33.2 Å². The lowest BCUT2D eigenvalue weighted by atomic mass is 9.76. The van der Waals surface area contributed by atoms with E-state index in [0.717, 1.165) is 0 Å². The van der Waals surface area contributed by atoms with Gasteiger partial charge in [-0.1, -0.05) is 20.8 Å². The summed E-state index contributed by atoms with van der Waals surface area (Å²) in [7, 11) is 2.24. The zero-order chi connectivity index (χ0) is 10.6. The quantitative estimate of drug-likeness (QED) is 0.637. The molecule has 0 aromatic carbocycles. The Kier molecular flexibility index (Phi) is 4.39. The van der Waals surface area contributed by atoms with E-state index in [4.69, 9.17) is 0 Å². The van der Waals surface area contributed by atoms with Crippen LogP contribution in [0.3, 0.4) is 0 Å². The SMILES string of the molecule is CC.CCN1CCC12CCN(C)CC2. The number of piperidine rings is 1. The van der Waals surface area contributed by atoms with Crippen LogP contribution in [0.1, 0.15) is 40.0 Å². The van der Waals surface area contributed by atoms with Crippen molar-refractivity contribution < 1.29 is 0 Å². The summed E-state index contributed by atoms with van der Waals surface area (Å²) in [4.78, 5) is 5.12. The molecule has 2 fully saturated rings. The van der Waals surface area contributed by atoms with Gasteiger partial charge in [0.25, 0.3) is 0 Å². The highest BCUT2D eigenvalue weighted by Crippen LogP contribution is 2.38. The molecule has 2 saturated heterocycles. The van der Waals surface area contributed by atoms with Crippen molar-refractivity contribution in [3.8, 4) is 0 Å². The highest BCUT2D eigenvalue weighted by atomic mass is 15.3. The summed E-state index contributed by atoms with van der Waals surface area (Å²) < 4.78 is 0. The first kappa shape index (κ1) is 12.0. The molecule has 0 saturated carbocycles. The summed E-state index contributed by atoms with van der Waals surface area (Å²) in [5, 5.41) is 0. The van der Waals surface area contributed by atoms with Gasteiger partial charge < -0.3 is 4.90 Å². The van der Waals surface area contributed by atoms with Crippen LogP contribution in [0.5, 0.6) is 0 Å². The van der Waals surface area contributed by atoms with Gasteiger partial charge >= 0.3 is 0 Å². The van der Waals surface area contributed by atoms with E-state index in [0.29, 0.717) is 5.54 Å². The normalized spacial score (nSPS) is 26.6. The molecule has 0 aromatic heterocycles. The van der Waals surface area contributed by atoms with Crippen LogP contribution in [-0.4, -0.2) is 48.6 Å². The predicted molar refractivity (Wildman–Crippen MR) is 62.7 cm³/mol. The van der Waals surface area contributed by atoms with Crippen molar-refractivity contribution in [1.29, 1.82) is 0 Å². The maximum Gasteiger partial charge on any atom is 0.0246 e. The lowest BCUT2D eigenvalue weighted by Crippen LogP contribution is -2.63. The molecule has 0 unspecified atom stereocenters. The first-order valence-corrected chi connectivity index (χ1v) is 6.20. The molecule has 2 nitrogen and oxygen atoms in total. The zero-order valence-electron chi connectivity index (χ0n) is 10.3. The second-order valence-corrected chi connectivity index (χ2v) is 4.36. The third-order valence-electron chi connectivity index (χ3n) is 3.82. The highest BCUT2D eigenvalue weighted by molar-refractivity contribution is 5.01. The molecule has 0 bridgehead atoms. The van der Waals surface area contributed by atoms with Gasteiger partial charge in [0, 0.05) is 12.1 Å². The summed E-state index contributed by atoms with van der Waals surface area (Å²) in [5.41, 5.74) is 0.640. The Bertz CT molecular complexity index is 158. The molecule has 2 heteroatoms. The standard InChI is InChI=1S/C10H20N2.C2H6/c1-3-12-9-6-10(12)4-7-11(2)8-5-10;1-2/h3-9H2,1-2H3;1-2H3. The van der Waals surface area contributed by atoms with E-state index < -0.39 is 0 Å². The third-order valence-corrected chi connectivity index (χ3v) is 3.82. The van der Waals surface area contributed by atoms with Gasteiger partial charge in [-0.3, -0.25) is 4.90 Å². The molecule has 0 aliphatic carbocycles. The van der Waals surface area contributed by atoms with E-state index >= 15 is 0 Å². The Balaban J connectivity index is 0.000000461. The van der Waals surface area contributed by atoms with Gasteiger partial charge in [0.2, 0.25) is 0 Å². The van der Waals surface area contributed by atoms with Crippen LogP contribution >= 0.6 is 0 Å². The van der Waals surface area contributed by atoms with Gasteiger partial charge in [0.1, 0.15) is 0 Å². The molecule has 2 aliphatic heterocycles. The van der Waals surface area contributed by atoms with Crippen molar-refractivity contribution in [1.82, 2.24) is 9.80 Å². The maximum atomic E-state index is 2.67. The topological polar surface area (TPSA) is 6.48 Å². The zero-order valence-corrected chi connectivity index (χ0v) is 10.3. The van der Waals surface area contributed by atoms with E-state index in [2.05, 4.69) is 23.8 Å². The Morgan fingerprint density at radius 1 is 1.00 bits per heavy atom. The van der Waals surface area contributed by atoms with Gasteiger partial charge in [-0.05, 0) is 45.9 Å². The van der Waals surface area contributed by atoms with Crippen molar-refractivity contribution in [2.45, 2.75) is 45.6 Å². The summed E-state index contributed by atoms with van der Waals surface area (Å²) in [5.74, 6) is 0. The van der Waals surface area contributed by atoms with Crippen LogP contribution in [0.25, 0.3) is 0 Å². The van der Waals surface area contributed by atoms with Gasteiger partial charge in [-0.2, -0.15) is 0 Å². The molecule has 0 aromatic rings. The van der Waals surface area contributed by atoms with Crippen LogP contribution < -0.4 is 0 Å². The van der Waals surface area contributed by atoms with Crippen LogP contribution in [0.2, 0.25) is 0 Å². The number of nitrogens with zero attached hydrogens (tertiary/aromatic N) is 2. The van der Waals surface area contributed by atoms with Crippen molar-refractivity contribution in [2.24, 2.45) is 0 Å². The first-order valence-electron chi connectivity index (χ1n) is 6.20. The van der Waals surface area contributed by atoms with Gasteiger partial charge in [0.15, 0.2) is 0 Å². The van der Waals surface area contributed by atoms with Gasteiger partial charge in [0.05, 0.1) is 0 Å². The number of rotatable bonds is 1. The minimum Gasteiger partial charge on any atom is -0.306 e. The van der Waals surface area contributed by atoms with Crippen molar-refractivity contribution >= 4 is 0 Å². The Labute approximate surface area is 89.3 Å². The molecule has 0 N–H and O–H groups in total. The predicted octanol–water partition coefficient (Wildman–Crippen LogP) is 2.20. The van der Waals surface area contributed by atoms with E-state index in [-0.39, 0.29) is 0 Å². The third kappa shape index (κ3) is 2.12. The highest BCUT2D eigenvalue weighted by Gasteiger charge is 2.44. The molecule has 84 valence electrons. The largest absolute Gasteiger partial charge is 0.306 e. The van der Waals surface area contributed by atoms with Gasteiger partial charge in [-0.25, -0.2) is 0 Å². The fourth-order valence-corrected chi connectivity index (χ4v) is 2.68. The average Bonchev–Trinajstić information content (AvgIpc) is 2.21. The van der Waals surface area contributed by atoms with Crippen molar-refractivity contribution in [3.63, 3.8) is 0 Å². The van der Waals surface area contributed by atoms with Crippen LogP contribution in [-0.2, 0) is 0 Å². The van der Waals surface area contributed by atoms with E-state index in [1.54, 1.807) is 0 Å². The van der Waals surface area contributed by atoms with E-state index in [1.165, 1.54) is 45.4 Å². The summed E-state index contributed by atoms with van der Waals surface area (Å²) in [6, 6.07) is 0. The smallest absolute Gasteiger partial charge is 0.0246 e. The first-order chi connectivity index (χ1) is 6.77. The van der Waals surface area contributed by atoms with Gasteiger partial charge in [-0.15, -0.1) is 0 Å². The maximum absolute atomic E-state index is 2.67. The minimum atomic E-state index is 0.640. The summed E-state index contributed by atoms with van der Waals surface area (Å²) in [6.07, 6.45) is 4.25. The van der Waals surface area contributed by atoms with Crippen LogP contribution in [0.15, 0.2) is 0 Å². The second-order valence-electron chi connectivity index (χ2n) is 4.36. The number of likely N-dealkylation sites (tertiary alicyclic amines) is 2. The lowest BCUT2D eigenvalue weighted by molar-refractivity contribution is -0.0510. The van der Waals surface area contributed by atoms with E-state index in [1.807, 2.05) is 13.8 Å². The molecule has 1 spiro atoms. The fourth-order valence-electron chi connectivity index (χ4n) is 2.68. The Hall–Kier alpha value is -0.0800. The molecule has 0 atom stereocenters. The molecule has 2 rings (SSSR count). The monoisotopic (exact) mass is 198 g/mol.